The lowest BCUT2D eigenvalue weighted by atomic mass is 9.94. The van der Waals surface area contributed by atoms with Crippen molar-refractivity contribution < 1.29 is 28.5 Å². The summed E-state index contributed by atoms with van der Waals surface area (Å²) in [5.74, 6) is 2.06. The van der Waals surface area contributed by atoms with E-state index in [0.29, 0.717) is 59.6 Å². The lowest BCUT2D eigenvalue weighted by molar-refractivity contribution is 0.0534. The number of rotatable bonds is 5. The Morgan fingerprint density at radius 1 is 0.943 bits per heavy atom. The maximum atomic E-state index is 12.7. The third kappa shape index (κ3) is 4.01. The van der Waals surface area contributed by atoms with Gasteiger partial charge in [-0.2, -0.15) is 0 Å². The van der Waals surface area contributed by atoms with Gasteiger partial charge in [0.25, 0.3) is 0 Å². The predicted molar refractivity (Wildman–Crippen MR) is 137 cm³/mol. The summed E-state index contributed by atoms with van der Waals surface area (Å²) < 4.78 is 29.8. The fourth-order valence-electron chi connectivity index (χ4n) is 4.41. The van der Waals surface area contributed by atoms with Gasteiger partial charge in [-0.05, 0) is 64.0 Å². The molecule has 4 aromatic rings. The number of carbonyl (C=O) groups excluding carboxylic acids is 1. The summed E-state index contributed by atoms with van der Waals surface area (Å²) in [7, 11) is 1.60. The molecule has 2 aliphatic rings. The fraction of sp³-hybridized carbons (Fsp3) is 0.185. The first kappa shape index (κ1) is 22.0. The molecule has 176 valence electrons. The molecule has 0 bridgehead atoms. The summed E-state index contributed by atoms with van der Waals surface area (Å²) >= 11 is 2.28. The van der Waals surface area contributed by atoms with Crippen LogP contribution >= 0.6 is 22.6 Å². The Balaban J connectivity index is 1.49. The highest BCUT2D eigenvalue weighted by Crippen LogP contribution is 2.43. The summed E-state index contributed by atoms with van der Waals surface area (Å²) in [6, 6.07) is 17.5. The van der Waals surface area contributed by atoms with E-state index in [9.17, 15) is 4.79 Å². The molecule has 0 aliphatic carbocycles. The van der Waals surface area contributed by atoms with Gasteiger partial charge in [0.2, 0.25) is 0 Å². The molecular formula is C27H20INO6. The van der Waals surface area contributed by atoms with E-state index in [2.05, 4.69) is 28.7 Å². The largest absolute Gasteiger partial charge is 0.493 e. The normalized spacial score (nSPS) is 13.9. The standard InChI is InChI=1S/C27H20INO6/c1-31-22-11-18-19(12-24(22)34-13-15-3-2-4-17(28)9-15)29-20-14-35-27(30)26(20)25(18)16-5-6-21-23(10-16)33-8-7-32-21/h2-6,9-12H,7-8,13-14H2,1H3. The van der Waals surface area contributed by atoms with Crippen LogP contribution in [0.2, 0.25) is 0 Å². The third-order valence-corrected chi connectivity index (χ3v) is 6.67. The monoisotopic (exact) mass is 581 g/mol. The van der Waals surface area contributed by atoms with Gasteiger partial charge in [0.1, 0.15) is 26.4 Å². The summed E-state index contributed by atoms with van der Waals surface area (Å²) in [5.41, 5.74) is 4.34. The fourth-order valence-corrected chi connectivity index (χ4v) is 5.02. The molecule has 0 N–H and O–H groups in total. The van der Waals surface area contributed by atoms with E-state index >= 15 is 0 Å². The Hall–Kier alpha value is -3.53. The Morgan fingerprint density at radius 2 is 1.80 bits per heavy atom. The van der Waals surface area contributed by atoms with Gasteiger partial charge in [-0.3, -0.25) is 0 Å². The molecule has 0 spiro atoms. The first-order valence-corrected chi connectivity index (χ1v) is 12.2. The number of nitrogens with zero attached hydrogens (tertiary/aromatic N) is 1. The molecule has 3 aromatic carbocycles. The van der Waals surface area contributed by atoms with Gasteiger partial charge in [0.05, 0.1) is 23.9 Å². The molecule has 0 unspecified atom stereocenters. The molecule has 0 atom stereocenters. The van der Waals surface area contributed by atoms with Crippen molar-refractivity contribution in [3.63, 3.8) is 0 Å². The highest BCUT2D eigenvalue weighted by atomic mass is 127. The number of hydrogen-bond donors (Lipinski definition) is 0. The summed E-state index contributed by atoms with van der Waals surface area (Å²) in [6.45, 7) is 1.50. The molecular weight excluding hydrogens is 561 g/mol. The summed E-state index contributed by atoms with van der Waals surface area (Å²) in [4.78, 5) is 17.5. The number of halogens is 1. The number of methoxy groups -OCH3 is 1. The summed E-state index contributed by atoms with van der Waals surface area (Å²) in [6.07, 6.45) is 0. The third-order valence-electron chi connectivity index (χ3n) is 6.00. The minimum atomic E-state index is -0.391. The van der Waals surface area contributed by atoms with Crippen molar-refractivity contribution in [2.75, 3.05) is 20.3 Å². The first-order chi connectivity index (χ1) is 17.1. The van der Waals surface area contributed by atoms with Crippen LogP contribution in [0.15, 0.2) is 54.6 Å². The number of hydrogen-bond acceptors (Lipinski definition) is 7. The molecule has 8 heteroatoms. The SMILES string of the molecule is COc1cc2c(-c3ccc4c(c3)OCCO4)c3c(nc2cc1OCc1cccc(I)c1)COC3=O. The number of aromatic nitrogens is 1. The van der Waals surface area contributed by atoms with Crippen LogP contribution < -0.4 is 18.9 Å². The van der Waals surface area contributed by atoms with Crippen molar-refractivity contribution in [3.05, 3.63) is 75.0 Å². The van der Waals surface area contributed by atoms with Gasteiger partial charge < -0.3 is 23.7 Å². The van der Waals surface area contributed by atoms with E-state index in [1.165, 1.54) is 0 Å². The van der Waals surface area contributed by atoms with Crippen LogP contribution in [0.4, 0.5) is 0 Å². The zero-order valence-electron chi connectivity index (χ0n) is 18.8. The van der Waals surface area contributed by atoms with E-state index < -0.39 is 5.97 Å². The first-order valence-electron chi connectivity index (χ1n) is 11.1. The zero-order valence-corrected chi connectivity index (χ0v) is 21.0. The van der Waals surface area contributed by atoms with Gasteiger partial charge in [-0.25, -0.2) is 9.78 Å². The van der Waals surface area contributed by atoms with Crippen molar-refractivity contribution in [3.8, 4) is 34.1 Å². The Kier molecular flexibility index (Phi) is 5.60. The quantitative estimate of drug-likeness (QED) is 0.227. The van der Waals surface area contributed by atoms with Gasteiger partial charge in [0, 0.05) is 20.6 Å². The second-order valence-electron chi connectivity index (χ2n) is 8.18. The Morgan fingerprint density at radius 3 is 2.63 bits per heavy atom. The number of pyridine rings is 1. The van der Waals surface area contributed by atoms with E-state index in [1.54, 1.807) is 7.11 Å². The number of cyclic esters (lactones) is 1. The van der Waals surface area contributed by atoms with Gasteiger partial charge in [-0.15, -0.1) is 0 Å². The molecule has 35 heavy (non-hydrogen) atoms. The molecule has 0 radical (unpaired) electrons. The number of fused-ring (bicyclic) bond motifs is 3. The van der Waals surface area contributed by atoms with Crippen molar-refractivity contribution in [2.45, 2.75) is 13.2 Å². The smallest absolute Gasteiger partial charge is 0.341 e. The van der Waals surface area contributed by atoms with Crippen LogP contribution in [0, 0.1) is 3.57 Å². The zero-order chi connectivity index (χ0) is 23.9. The second kappa shape index (κ2) is 8.92. The van der Waals surface area contributed by atoms with Crippen molar-refractivity contribution in [1.29, 1.82) is 0 Å². The molecule has 6 rings (SSSR count). The lowest BCUT2D eigenvalue weighted by Crippen LogP contribution is -2.15. The van der Waals surface area contributed by atoms with Crippen molar-refractivity contribution in [1.82, 2.24) is 4.98 Å². The van der Waals surface area contributed by atoms with E-state index in [4.69, 9.17) is 28.7 Å². The lowest BCUT2D eigenvalue weighted by Gasteiger charge is -2.20. The van der Waals surface area contributed by atoms with E-state index in [-0.39, 0.29) is 6.61 Å². The maximum absolute atomic E-state index is 12.7. The molecule has 0 saturated carbocycles. The van der Waals surface area contributed by atoms with Crippen LogP contribution in [-0.2, 0) is 18.0 Å². The average molecular weight is 581 g/mol. The summed E-state index contributed by atoms with van der Waals surface area (Å²) in [5, 5.41) is 0.762. The number of esters is 1. The highest BCUT2D eigenvalue weighted by molar-refractivity contribution is 14.1. The molecule has 7 nitrogen and oxygen atoms in total. The molecule has 3 heterocycles. The average Bonchev–Trinajstić information content (AvgIpc) is 3.25. The maximum Gasteiger partial charge on any atom is 0.341 e. The van der Waals surface area contributed by atoms with Gasteiger partial charge in [0.15, 0.2) is 23.0 Å². The van der Waals surface area contributed by atoms with E-state index in [1.807, 2.05) is 48.5 Å². The molecule has 0 fully saturated rings. The number of benzene rings is 3. The Bertz CT molecular complexity index is 1480. The topological polar surface area (TPSA) is 76.1 Å². The molecule has 1 aromatic heterocycles. The number of carbonyl (C=O) groups is 1. The Labute approximate surface area is 215 Å². The number of ether oxygens (including phenoxy) is 5. The van der Waals surface area contributed by atoms with Crippen LogP contribution in [0.25, 0.3) is 22.0 Å². The molecule has 2 aliphatic heterocycles. The molecule has 0 saturated heterocycles. The minimum absolute atomic E-state index is 0.131. The second-order valence-corrected chi connectivity index (χ2v) is 9.43. The minimum Gasteiger partial charge on any atom is -0.493 e. The van der Waals surface area contributed by atoms with Crippen LogP contribution in [-0.4, -0.2) is 31.3 Å². The van der Waals surface area contributed by atoms with Crippen molar-refractivity contribution in [2.24, 2.45) is 0 Å². The van der Waals surface area contributed by atoms with Crippen LogP contribution in [0.1, 0.15) is 21.6 Å². The van der Waals surface area contributed by atoms with Gasteiger partial charge in [-0.1, -0.05) is 18.2 Å². The van der Waals surface area contributed by atoms with Crippen molar-refractivity contribution >= 4 is 39.5 Å². The highest BCUT2D eigenvalue weighted by Gasteiger charge is 2.30. The van der Waals surface area contributed by atoms with E-state index in [0.717, 1.165) is 25.6 Å². The predicted octanol–water partition coefficient (Wildman–Crippen LogP) is 5.54. The van der Waals surface area contributed by atoms with Gasteiger partial charge >= 0.3 is 5.97 Å². The van der Waals surface area contributed by atoms with Crippen LogP contribution in [0.3, 0.4) is 0 Å². The molecule has 0 amide bonds. The van der Waals surface area contributed by atoms with Crippen LogP contribution in [0.5, 0.6) is 23.0 Å².